The fraction of sp³-hybridized carbons (Fsp3) is 0.409. The summed E-state index contributed by atoms with van der Waals surface area (Å²) in [5.41, 5.74) is 1.06. The summed E-state index contributed by atoms with van der Waals surface area (Å²) in [7, 11) is -1.04. The Hall–Kier alpha value is -2.92. The molecule has 0 atom stereocenters. The van der Waals surface area contributed by atoms with Crippen molar-refractivity contribution in [3.8, 4) is 5.75 Å². The molecule has 0 saturated heterocycles. The molecule has 3 amide bonds. The highest BCUT2D eigenvalue weighted by Gasteiger charge is 2.27. The number of nitrogens with one attached hydrogen (secondary N) is 2. The minimum Gasteiger partial charge on any atom is -0.497 e. The van der Waals surface area contributed by atoms with E-state index in [4.69, 9.17) is 4.74 Å². The molecule has 0 aliphatic heterocycles. The molecule has 0 saturated carbocycles. The number of hydrogen-bond acceptors (Lipinski definition) is 8. The molecule has 0 unspecified atom stereocenters. The van der Waals surface area contributed by atoms with E-state index >= 15 is 0 Å². The van der Waals surface area contributed by atoms with Crippen molar-refractivity contribution in [2.24, 2.45) is 0 Å². The monoisotopic (exact) mass is 494 g/mol. The molecule has 178 valence electrons. The van der Waals surface area contributed by atoms with Crippen molar-refractivity contribution in [3.05, 3.63) is 40.3 Å². The summed E-state index contributed by atoms with van der Waals surface area (Å²) in [6.07, 6.45) is 3.17. The van der Waals surface area contributed by atoms with E-state index in [1.54, 1.807) is 0 Å². The molecule has 0 bridgehead atoms. The Labute approximate surface area is 196 Å². The molecule has 11 heteroatoms. The first-order chi connectivity index (χ1) is 15.7. The Morgan fingerprint density at radius 2 is 1.73 bits per heavy atom. The molecule has 1 aliphatic rings. The van der Waals surface area contributed by atoms with Gasteiger partial charge in [0.15, 0.2) is 9.84 Å². The zero-order valence-corrected chi connectivity index (χ0v) is 20.1. The van der Waals surface area contributed by atoms with E-state index in [1.165, 1.54) is 42.7 Å². The maximum atomic E-state index is 12.8. The number of imide groups is 1. The van der Waals surface area contributed by atoms with Crippen molar-refractivity contribution in [1.82, 2.24) is 5.32 Å². The second-order valence-electron chi connectivity index (χ2n) is 7.51. The second-order valence-corrected chi connectivity index (χ2v) is 10.7. The highest BCUT2D eigenvalue weighted by Crippen LogP contribution is 2.37. The molecule has 1 aromatic heterocycles. The van der Waals surface area contributed by atoms with Crippen molar-refractivity contribution in [1.29, 1.82) is 0 Å². The lowest BCUT2D eigenvalue weighted by Crippen LogP contribution is -2.31. The number of rotatable bonds is 7. The molecule has 0 spiro atoms. The lowest BCUT2D eigenvalue weighted by Gasteiger charge is -2.09. The predicted octanol–water partition coefficient (Wildman–Crippen LogP) is 3.32. The third-order valence-corrected chi connectivity index (χ3v) is 8.26. The van der Waals surface area contributed by atoms with Crippen molar-refractivity contribution >= 4 is 44.1 Å². The van der Waals surface area contributed by atoms with Gasteiger partial charge in [0.05, 0.1) is 30.4 Å². The van der Waals surface area contributed by atoms with Gasteiger partial charge >= 0.3 is 6.09 Å². The molecular formula is C22H26N2O7S2. The number of anilines is 1. The van der Waals surface area contributed by atoms with E-state index in [-0.39, 0.29) is 22.6 Å². The smallest absolute Gasteiger partial charge is 0.413 e. The van der Waals surface area contributed by atoms with Crippen LogP contribution in [0.1, 0.15) is 46.5 Å². The highest BCUT2D eigenvalue weighted by molar-refractivity contribution is 7.91. The van der Waals surface area contributed by atoms with E-state index in [0.717, 1.165) is 43.2 Å². The Balaban J connectivity index is 1.75. The fourth-order valence-electron chi connectivity index (χ4n) is 3.59. The third-order valence-electron chi connectivity index (χ3n) is 5.32. The summed E-state index contributed by atoms with van der Waals surface area (Å²) in [6, 6.07) is 5.94. The topological polar surface area (TPSA) is 128 Å². The number of amides is 3. The molecule has 0 radical (unpaired) electrons. The zero-order valence-electron chi connectivity index (χ0n) is 18.4. The molecule has 0 fully saturated rings. The summed E-state index contributed by atoms with van der Waals surface area (Å²) in [5, 5.41) is 5.15. The molecular weight excluding hydrogens is 468 g/mol. The largest absolute Gasteiger partial charge is 0.497 e. The van der Waals surface area contributed by atoms with E-state index in [9.17, 15) is 22.8 Å². The zero-order chi connectivity index (χ0) is 24.0. The van der Waals surface area contributed by atoms with Crippen molar-refractivity contribution in [3.63, 3.8) is 0 Å². The van der Waals surface area contributed by atoms with E-state index in [1.807, 2.05) is 0 Å². The number of hydrogen-bond donors (Lipinski definition) is 2. The van der Waals surface area contributed by atoms with Gasteiger partial charge in [0.2, 0.25) is 5.91 Å². The van der Waals surface area contributed by atoms with E-state index < -0.39 is 27.7 Å². The molecule has 1 heterocycles. The van der Waals surface area contributed by atoms with Gasteiger partial charge in [0, 0.05) is 11.3 Å². The lowest BCUT2D eigenvalue weighted by atomic mass is 10.0. The van der Waals surface area contributed by atoms with Crippen LogP contribution in [0.5, 0.6) is 5.75 Å². The lowest BCUT2D eigenvalue weighted by molar-refractivity contribution is -0.115. The van der Waals surface area contributed by atoms with Crippen LogP contribution in [-0.2, 0) is 32.2 Å². The van der Waals surface area contributed by atoms with Gasteiger partial charge in [-0.1, -0.05) is 6.42 Å². The van der Waals surface area contributed by atoms with Crippen LogP contribution in [0.15, 0.2) is 29.2 Å². The summed E-state index contributed by atoms with van der Waals surface area (Å²) >= 11 is 1.29. The highest BCUT2D eigenvalue weighted by atomic mass is 32.2. The van der Waals surface area contributed by atoms with Crippen LogP contribution in [0.3, 0.4) is 0 Å². The van der Waals surface area contributed by atoms with Crippen LogP contribution in [0, 0.1) is 0 Å². The standard InChI is InChI=1S/C22H26N2O7S2/c1-30-14-8-10-15(11-9-14)33(28,29)13-12-18(25)23-21-19(20(26)24-22(27)31-2)16-6-4-3-5-7-17(16)32-21/h8-11H,3-7,12-13H2,1-2H3,(H,23,25)(H,24,26,27). The van der Waals surface area contributed by atoms with Crippen LogP contribution in [0.4, 0.5) is 9.80 Å². The molecule has 2 aromatic rings. The van der Waals surface area contributed by atoms with Gasteiger partial charge in [-0.15, -0.1) is 11.3 Å². The average molecular weight is 495 g/mol. The predicted molar refractivity (Wildman–Crippen MR) is 124 cm³/mol. The summed E-state index contributed by atoms with van der Waals surface area (Å²) < 4.78 is 34.7. The number of aryl methyl sites for hydroxylation is 1. The number of ether oxygens (including phenoxy) is 2. The Kier molecular flexibility index (Phi) is 8.09. The van der Waals surface area contributed by atoms with Gasteiger partial charge in [0.25, 0.3) is 5.91 Å². The number of fused-ring (bicyclic) bond motifs is 1. The number of methoxy groups -OCH3 is 2. The third kappa shape index (κ3) is 6.11. The number of alkyl carbamates (subject to hydrolysis) is 1. The van der Waals surface area contributed by atoms with Crippen LogP contribution in [-0.4, -0.2) is 46.3 Å². The van der Waals surface area contributed by atoms with Crippen LogP contribution >= 0.6 is 11.3 Å². The van der Waals surface area contributed by atoms with Crippen molar-refractivity contribution in [2.45, 2.75) is 43.4 Å². The van der Waals surface area contributed by atoms with Gasteiger partial charge < -0.3 is 14.8 Å². The minimum absolute atomic E-state index is 0.0945. The molecule has 3 rings (SSSR count). The molecule has 1 aromatic carbocycles. The first-order valence-corrected chi connectivity index (χ1v) is 12.9. The quantitative estimate of drug-likeness (QED) is 0.565. The molecule has 9 nitrogen and oxygen atoms in total. The van der Waals surface area contributed by atoms with Crippen molar-refractivity contribution in [2.75, 3.05) is 25.3 Å². The number of benzene rings is 1. The van der Waals surface area contributed by atoms with Gasteiger partial charge in [-0.3, -0.25) is 14.9 Å². The summed E-state index contributed by atoms with van der Waals surface area (Å²) in [4.78, 5) is 38.0. The van der Waals surface area contributed by atoms with E-state index in [2.05, 4.69) is 15.4 Å². The first-order valence-electron chi connectivity index (χ1n) is 10.5. The van der Waals surface area contributed by atoms with Gasteiger partial charge in [0.1, 0.15) is 10.8 Å². The first kappa shape index (κ1) is 24.7. The summed E-state index contributed by atoms with van der Waals surface area (Å²) in [5.74, 6) is -1.04. The van der Waals surface area contributed by atoms with Gasteiger partial charge in [-0.25, -0.2) is 13.2 Å². The van der Waals surface area contributed by atoms with E-state index in [0.29, 0.717) is 17.2 Å². The Bertz CT molecular complexity index is 1140. The molecule has 33 heavy (non-hydrogen) atoms. The molecule has 1 aliphatic carbocycles. The number of thiophene rings is 1. The SMILES string of the molecule is COC(=O)NC(=O)c1c(NC(=O)CCS(=O)(=O)c2ccc(OC)cc2)sc2c1CCCCC2. The molecule has 2 N–H and O–H groups in total. The van der Waals surface area contributed by atoms with Crippen LogP contribution < -0.4 is 15.4 Å². The minimum atomic E-state index is -3.68. The van der Waals surface area contributed by atoms with Crippen LogP contribution in [0.2, 0.25) is 0 Å². The number of carbonyl (C=O) groups excluding carboxylic acids is 3. The second kappa shape index (κ2) is 10.8. The summed E-state index contributed by atoms with van der Waals surface area (Å²) in [6.45, 7) is 0. The number of sulfone groups is 1. The fourth-order valence-corrected chi connectivity index (χ4v) is 6.14. The average Bonchev–Trinajstić information content (AvgIpc) is 2.97. The maximum Gasteiger partial charge on any atom is 0.413 e. The Morgan fingerprint density at radius 1 is 1.03 bits per heavy atom. The normalized spacial score (nSPS) is 13.4. The van der Waals surface area contributed by atoms with Crippen molar-refractivity contribution < 1.29 is 32.3 Å². The number of carbonyl (C=O) groups is 3. The van der Waals surface area contributed by atoms with Gasteiger partial charge in [-0.2, -0.15) is 0 Å². The van der Waals surface area contributed by atoms with Gasteiger partial charge in [-0.05, 0) is 55.5 Å². The Morgan fingerprint density at radius 3 is 2.39 bits per heavy atom. The maximum absolute atomic E-state index is 12.8. The van der Waals surface area contributed by atoms with Crippen LogP contribution in [0.25, 0.3) is 0 Å².